The van der Waals surface area contributed by atoms with E-state index in [0.717, 1.165) is 12.1 Å². The van der Waals surface area contributed by atoms with E-state index in [1.807, 2.05) is 0 Å². The third kappa shape index (κ3) is 21.2. The zero-order chi connectivity index (χ0) is 59.2. The normalized spacial score (nSPS) is 11.4. The first-order valence-corrected chi connectivity index (χ1v) is 28.3. The van der Waals surface area contributed by atoms with Crippen LogP contribution in [0.1, 0.15) is 52.6 Å². The van der Waals surface area contributed by atoms with Gasteiger partial charge in [0.05, 0.1) is 21.2 Å². The molecule has 0 fully saturated rings. The van der Waals surface area contributed by atoms with Crippen molar-refractivity contribution in [3.63, 3.8) is 0 Å². The summed E-state index contributed by atoms with van der Waals surface area (Å²) in [5.74, 6) is -3.77. The molecule has 8 aromatic carbocycles. The molecule has 37 heteroatoms. The van der Waals surface area contributed by atoms with E-state index in [2.05, 4.69) is 51.5 Å². The Kier molecular flexibility index (Phi) is 33.4. The number of hydrogen-bond donors (Lipinski definition) is 6. The number of amides is 6. The van der Waals surface area contributed by atoms with Crippen molar-refractivity contribution in [3.8, 4) is 11.5 Å². The van der Waals surface area contributed by atoms with Crippen molar-refractivity contribution in [2.75, 3.05) is 31.9 Å². The number of carbonyl (C=O) groups is 5. The zero-order valence-electron chi connectivity index (χ0n) is 47.4. The number of fused-ring (bicyclic) bond motifs is 2. The number of benzene rings is 8. The fourth-order valence-electron chi connectivity index (χ4n) is 7.98. The van der Waals surface area contributed by atoms with Gasteiger partial charge >= 0.3 is 183 Å². The van der Waals surface area contributed by atoms with E-state index in [4.69, 9.17) is 4.18 Å². The van der Waals surface area contributed by atoms with E-state index < -0.39 is 105 Å². The van der Waals surface area contributed by atoms with Crippen molar-refractivity contribution in [1.82, 2.24) is 0 Å². The van der Waals surface area contributed by atoms with Crippen LogP contribution in [0.3, 0.4) is 0 Å². The molecule has 0 aliphatic rings. The molecule has 2 atom stereocenters. The van der Waals surface area contributed by atoms with Crippen molar-refractivity contribution >= 4 is 140 Å². The topological polar surface area (TPSA) is 412 Å². The van der Waals surface area contributed by atoms with Gasteiger partial charge in [0, 0.05) is 61.5 Å². The number of hydrogen-bond acceptors (Lipinski definition) is 21. The number of aryl methyl sites for hydroxylation is 2. The standard InChI is InChI=1S/C51H39N6O20S5.6Na/c1-26-12-14-30(49(60)54-37-16-18-41(74-79(64)65)35-10-5-11-43(45(35)37)78-77-76-63)22-39(26)56-47(58)28-6-3-8-32(20-28)52-51(62)53-33-9-4-7-29(21-33)48(59)57-40-23-31(15-13-27(40)2)50(61)55-38-17-19-42(75-80(66)67)36-24-34(81(68,69)70)25-44(46(36)38)82(71,72)73;;;;;;/h3-4,6-25,63H,1-2H3,(H,54,60)(H,55,61)(H,56,58)(H,57,59)(H,64,65)(H,66,67)(H2,52,53,62)(H,68,69,70)(H,71,72,73);;;;;;/q-1;6*+1/p-5. The molecule has 0 heterocycles. The van der Waals surface area contributed by atoms with Gasteiger partial charge in [0.25, 0.3) is 23.6 Å². The van der Waals surface area contributed by atoms with Crippen LogP contribution in [0, 0.1) is 19.9 Å². The van der Waals surface area contributed by atoms with Crippen LogP contribution in [-0.2, 0) is 52.3 Å². The monoisotopic (exact) mass is 1350 g/mol. The zero-order valence-corrected chi connectivity index (χ0v) is 63.5. The molecule has 0 saturated carbocycles. The van der Waals surface area contributed by atoms with Crippen LogP contribution in [0.2, 0.25) is 0 Å². The van der Waals surface area contributed by atoms with Crippen LogP contribution in [0.25, 0.3) is 21.5 Å². The van der Waals surface area contributed by atoms with Crippen LogP contribution in [0.4, 0.5) is 38.9 Å². The first kappa shape index (κ1) is 81.4. The van der Waals surface area contributed by atoms with Crippen molar-refractivity contribution < 1.29 is 268 Å². The molecule has 8 rings (SSSR count). The number of carbonyl (C=O) groups excluding carboxylic acids is 5. The molecule has 0 saturated heterocycles. The smallest absolute Gasteiger partial charge is 0.744 e. The average molecular weight is 1350 g/mol. The predicted octanol–water partition coefficient (Wildman–Crippen LogP) is -11.5. The van der Waals surface area contributed by atoms with Gasteiger partial charge in [-0.3, -0.25) is 24.2 Å². The van der Waals surface area contributed by atoms with Gasteiger partial charge in [-0.05, 0) is 134 Å². The maximum atomic E-state index is 13.7. The van der Waals surface area contributed by atoms with E-state index in [9.17, 15) is 72.7 Å². The van der Waals surface area contributed by atoms with E-state index >= 15 is 0 Å². The van der Waals surface area contributed by atoms with Gasteiger partial charge in [0.1, 0.15) is 48.7 Å². The number of rotatable bonds is 19. The Morgan fingerprint density at radius 3 is 1.36 bits per heavy atom. The number of urea groups is 1. The first-order chi connectivity index (χ1) is 38.9. The van der Waals surface area contributed by atoms with E-state index in [1.165, 1.54) is 103 Å². The van der Waals surface area contributed by atoms with Gasteiger partial charge in [-0.2, -0.15) is 22.5 Å². The Labute approximate surface area is 643 Å². The summed E-state index contributed by atoms with van der Waals surface area (Å²) < 4.78 is 132. The Morgan fingerprint density at radius 2 is 0.932 bits per heavy atom. The molecule has 26 nitrogen and oxygen atoms in total. The Balaban J connectivity index is 0.00000440. The summed E-state index contributed by atoms with van der Waals surface area (Å²) in [6.07, 6.45) is 0. The number of nitrogens with one attached hydrogen (secondary N) is 6. The molecule has 0 radical (unpaired) electrons. The number of anilines is 6. The second-order valence-electron chi connectivity index (χ2n) is 17.0. The Bertz CT molecular complexity index is 4260. The quantitative estimate of drug-likeness (QED) is 0.00833. The Hall–Kier alpha value is -2.70. The molecule has 0 aliphatic carbocycles. The van der Waals surface area contributed by atoms with Crippen molar-refractivity contribution in [3.05, 3.63) is 173 Å². The third-order valence-electron chi connectivity index (χ3n) is 11.7. The van der Waals surface area contributed by atoms with Gasteiger partial charge in [-0.15, -0.1) is 0 Å². The molecular formula is C51H34N6Na6O20S5. The molecule has 88 heavy (non-hydrogen) atoms. The van der Waals surface area contributed by atoms with Crippen LogP contribution in [0.15, 0.2) is 148 Å². The van der Waals surface area contributed by atoms with Crippen LogP contribution < -0.4 is 223 Å². The summed E-state index contributed by atoms with van der Waals surface area (Å²) in [7, 11) is -11.0. The minimum Gasteiger partial charge on any atom is -0.744 e. The average Bonchev–Trinajstić information content (AvgIpc) is 0.771. The van der Waals surface area contributed by atoms with E-state index in [1.54, 1.807) is 19.9 Å². The SMILES string of the molecule is Cc1ccc(C(=O)Nc2ccc(OS(=O)[O-])c3c[c-]cc(SOO[O-])c23)cc1NC(=O)c1cccc(NC(=O)Nc2cccc(C(=O)Nc3cc(C(=O)Nc4ccc(OS(=O)[O-])c5cc(S(=O)(=O)[O-])cc(S(=O)(=O)[O-])c45)ccc3C)c2)c1.[Na+].[Na+].[Na+].[Na+].[Na+].[Na+]. The molecule has 6 amide bonds. The minimum atomic E-state index is -5.62. The second-order valence-corrected chi connectivity index (χ2v) is 21.6. The summed E-state index contributed by atoms with van der Waals surface area (Å²) in [5.41, 5.74) is 1.43. The summed E-state index contributed by atoms with van der Waals surface area (Å²) in [5, 5.41) is 28.9. The molecule has 424 valence electrons. The fourth-order valence-corrected chi connectivity index (χ4v) is 10.4. The molecule has 2 unspecified atom stereocenters. The van der Waals surface area contributed by atoms with Crippen LogP contribution in [-0.4, -0.2) is 73.1 Å². The third-order valence-corrected chi connectivity index (χ3v) is 14.6. The van der Waals surface area contributed by atoms with Gasteiger partial charge < -0.3 is 63.7 Å². The van der Waals surface area contributed by atoms with Crippen LogP contribution >= 0.6 is 12.0 Å². The molecule has 0 aliphatic heterocycles. The minimum absolute atomic E-state index is 0. The van der Waals surface area contributed by atoms with Crippen molar-refractivity contribution in [1.29, 1.82) is 0 Å². The first-order valence-electron chi connectivity index (χ1n) is 22.8. The summed E-state index contributed by atoms with van der Waals surface area (Å²) in [6.45, 7) is 3.27. The largest absolute Gasteiger partial charge is 1.00 e. The molecule has 6 N–H and O–H groups in total. The fraction of sp³-hybridized carbons (Fsp3) is 0.0392. The molecule has 8 aromatic rings. The molecule has 0 bridgehead atoms. The summed E-state index contributed by atoms with van der Waals surface area (Å²) in [6, 6.07) is 30.2. The van der Waals surface area contributed by atoms with Crippen molar-refractivity contribution in [2.45, 2.75) is 28.5 Å². The summed E-state index contributed by atoms with van der Waals surface area (Å²) in [4.78, 5) is 65.5. The maximum absolute atomic E-state index is 13.7. The predicted molar refractivity (Wildman–Crippen MR) is 289 cm³/mol. The molecule has 0 spiro atoms. The van der Waals surface area contributed by atoms with Crippen molar-refractivity contribution in [2.24, 2.45) is 0 Å². The van der Waals surface area contributed by atoms with Gasteiger partial charge in [-0.1, -0.05) is 39.9 Å². The van der Waals surface area contributed by atoms with Gasteiger partial charge in [-0.25, -0.2) is 30.0 Å². The van der Waals surface area contributed by atoms with E-state index in [-0.39, 0.29) is 256 Å². The molecular weight excluding hydrogens is 1310 g/mol. The van der Waals surface area contributed by atoms with Crippen LogP contribution in [0.5, 0.6) is 11.5 Å². The van der Waals surface area contributed by atoms with Gasteiger partial charge in [0.15, 0.2) is 0 Å². The second kappa shape index (κ2) is 36.1. The Morgan fingerprint density at radius 1 is 0.500 bits per heavy atom. The maximum Gasteiger partial charge on any atom is 1.00 e. The van der Waals surface area contributed by atoms with Gasteiger partial charge in [0.2, 0.25) is 0 Å². The summed E-state index contributed by atoms with van der Waals surface area (Å²) >= 11 is -5.80. The molecule has 0 aromatic heterocycles. The van der Waals surface area contributed by atoms with E-state index in [0.29, 0.717) is 29.2 Å².